The molecule has 104 valence electrons. The van der Waals surface area contributed by atoms with Crippen molar-refractivity contribution in [2.75, 3.05) is 13.6 Å². The summed E-state index contributed by atoms with van der Waals surface area (Å²) in [7, 11) is 1.71. The monoisotopic (exact) mass is 261 g/mol. The Morgan fingerprint density at radius 2 is 2.11 bits per heavy atom. The summed E-state index contributed by atoms with van der Waals surface area (Å²) in [6, 6.07) is 8.22. The van der Waals surface area contributed by atoms with Crippen LogP contribution in [0.2, 0.25) is 0 Å². The van der Waals surface area contributed by atoms with Crippen LogP contribution in [0.4, 0.5) is 0 Å². The van der Waals surface area contributed by atoms with Crippen LogP contribution in [0, 0.1) is 0 Å². The maximum Gasteiger partial charge on any atom is 0.237 e. The second kappa shape index (κ2) is 6.68. The van der Waals surface area contributed by atoms with Gasteiger partial charge in [0.05, 0.1) is 6.04 Å². The first-order valence-corrected chi connectivity index (χ1v) is 6.98. The fraction of sp³-hybridized carbons (Fsp3) is 0.533. The lowest BCUT2D eigenvalue weighted by Gasteiger charge is -2.34. The number of piperidine rings is 1. The number of carbonyl (C=O) groups excluding carboxylic acids is 1. The predicted octanol–water partition coefficient (Wildman–Crippen LogP) is 1.25. The highest BCUT2D eigenvalue weighted by molar-refractivity contribution is 5.81. The Hall–Kier alpha value is -1.39. The van der Waals surface area contributed by atoms with Crippen molar-refractivity contribution < 1.29 is 4.79 Å². The molecule has 3 N–H and O–H groups in total. The molecule has 1 saturated heterocycles. The van der Waals surface area contributed by atoms with E-state index in [1.54, 1.807) is 7.05 Å². The summed E-state index contributed by atoms with van der Waals surface area (Å²) in [6.07, 6.45) is 3.25. The lowest BCUT2D eigenvalue weighted by atomic mass is 9.99. The lowest BCUT2D eigenvalue weighted by molar-refractivity contribution is -0.127. The summed E-state index contributed by atoms with van der Waals surface area (Å²) in [5, 5.41) is 2.77. The molecule has 0 spiro atoms. The van der Waals surface area contributed by atoms with E-state index in [2.05, 4.69) is 22.3 Å². The molecule has 1 amide bonds. The number of rotatable bonds is 4. The van der Waals surface area contributed by atoms with E-state index in [9.17, 15) is 4.79 Å². The van der Waals surface area contributed by atoms with Gasteiger partial charge in [-0.2, -0.15) is 0 Å². The van der Waals surface area contributed by atoms with E-state index in [4.69, 9.17) is 5.73 Å². The molecule has 1 atom stereocenters. The molecule has 19 heavy (non-hydrogen) atoms. The first-order valence-electron chi connectivity index (χ1n) is 6.98. The van der Waals surface area contributed by atoms with Crippen LogP contribution >= 0.6 is 0 Å². The number of nitrogens with two attached hydrogens (primary N) is 1. The Labute approximate surface area is 115 Å². The molecule has 1 aliphatic rings. The molecule has 1 aromatic rings. The molecule has 1 fully saturated rings. The molecular formula is C15H23N3O. The normalized spacial score (nSPS) is 20.2. The maximum absolute atomic E-state index is 11.9. The minimum absolute atomic E-state index is 0.00424. The number of hydrogen-bond acceptors (Lipinski definition) is 3. The van der Waals surface area contributed by atoms with E-state index in [1.807, 2.05) is 12.1 Å². The molecule has 0 aromatic heterocycles. The molecule has 4 nitrogen and oxygen atoms in total. The van der Waals surface area contributed by atoms with Crippen LogP contribution in [-0.2, 0) is 17.9 Å². The summed E-state index contributed by atoms with van der Waals surface area (Å²) >= 11 is 0. The smallest absolute Gasteiger partial charge is 0.237 e. The van der Waals surface area contributed by atoms with Crippen molar-refractivity contribution in [3.8, 4) is 0 Å². The number of likely N-dealkylation sites (tertiary alicyclic amines) is 1. The fourth-order valence-electron chi connectivity index (χ4n) is 2.77. The van der Waals surface area contributed by atoms with Crippen molar-refractivity contribution in [1.29, 1.82) is 0 Å². The van der Waals surface area contributed by atoms with Crippen molar-refractivity contribution in [2.45, 2.75) is 38.4 Å². The first-order chi connectivity index (χ1) is 9.26. The number of hydrogen-bond donors (Lipinski definition) is 2. The van der Waals surface area contributed by atoms with E-state index in [0.29, 0.717) is 6.54 Å². The minimum atomic E-state index is 0.00424. The molecule has 1 unspecified atom stereocenters. The van der Waals surface area contributed by atoms with Gasteiger partial charge in [0, 0.05) is 20.1 Å². The van der Waals surface area contributed by atoms with Crippen LogP contribution in [0.15, 0.2) is 24.3 Å². The third-order valence-electron chi connectivity index (χ3n) is 3.87. The van der Waals surface area contributed by atoms with Crippen LogP contribution in [0.1, 0.15) is 30.4 Å². The molecule has 0 radical (unpaired) electrons. The molecule has 0 bridgehead atoms. The van der Waals surface area contributed by atoms with Crippen LogP contribution in [0.5, 0.6) is 0 Å². The van der Waals surface area contributed by atoms with Gasteiger partial charge in [0.2, 0.25) is 5.91 Å². The molecule has 1 aliphatic heterocycles. The van der Waals surface area contributed by atoms with Gasteiger partial charge >= 0.3 is 0 Å². The minimum Gasteiger partial charge on any atom is -0.358 e. The van der Waals surface area contributed by atoms with Crippen molar-refractivity contribution in [2.24, 2.45) is 5.73 Å². The Morgan fingerprint density at radius 1 is 1.37 bits per heavy atom. The van der Waals surface area contributed by atoms with Crippen LogP contribution in [0.3, 0.4) is 0 Å². The van der Waals surface area contributed by atoms with Gasteiger partial charge in [-0.25, -0.2) is 0 Å². The van der Waals surface area contributed by atoms with Crippen molar-refractivity contribution in [3.63, 3.8) is 0 Å². The largest absolute Gasteiger partial charge is 0.358 e. The summed E-state index contributed by atoms with van der Waals surface area (Å²) < 4.78 is 0. The number of amides is 1. The van der Waals surface area contributed by atoms with Crippen LogP contribution < -0.4 is 11.1 Å². The van der Waals surface area contributed by atoms with Gasteiger partial charge in [-0.1, -0.05) is 30.7 Å². The molecule has 4 heteroatoms. The maximum atomic E-state index is 11.9. The number of carbonyl (C=O) groups is 1. The standard InChI is InChI=1S/C15H23N3O/c1-17-15(19)14-8-4-5-9-18(14)11-13-7-3-2-6-12(13)10-16/h2-3,6-7,14H,4-5,8-11,16H2,1H3,(H,17,19). The van der Waals surface area contributed by atoms with Crippen molar-refractivity contribution in [3.05, 3.63) is 35.4 Å². The summed E-state index contributed by atoms with van der Waals surface area (Å²) in [5.41, 5.74) is 8.19. The van der Waals surface area contributed by atoms with Crippen LogP contribution in [-0.4, -0.2) is 30.4 Å². The zero-order valence-electron chi connectivity index (χ0n) is 11.6. The molecular weight excluding hydrogens is 238 g/mol. The summed E-state index contributed by atoms with van der Waals surface area (Å²) in [4.78, 5) is 14.2. The third-order valence-corrected chi connectivity index (χ3v) is 3.87. The SMILES string of the molecule is CNC(=O)C1CCCCN1Cc1ccccc1CN. The Kier molecular flexibility index (Phi) is 4.93. The van der Waals surface area contributed by atoms with Gasteiger partial charge in [0.1, 0.15) is 0 Å². The van der Waals surface area contributed by atoms with E-state index in [1.165, 1.54) is 11.1 Å². The van der Waals surface area contributed by atoms with Crippen LogP contribution in [0.25, 0.3) is 0 Å². The molecule has 2 rings (SSSR count). The average Bonchev–Trinajstić information content (AvgIpc) is 2.47. The van der Waals surface area contributed by atoms with Gasteiger partial charge in [-0.3, -0.25) is 9.69 Å². The van der Waals surface area contributed by atoms with Gasteiger partial charge in [-0.15, -0.1) is 0 Å². The van der Waals surface area contributed by atoms with E-state index >= 15 is 0 Å². The van der Waals surface area contributed by atoms with E-state index in [0.717, 1.165) is 32.4 Å². The number of benzene rings is 1. The van der Waals surface area contributed by atoms with Gasteiger partial charge in [0.15, 0.2) is 0 Å². The highest BCUT2D eigenvalue weighted by Gasteiger charge is 2.28. The number of likely N-dealkylation sites (N-methyl/N-ethyl adjacent to an activating group) is 1. The zero-order chi connectivity index (χ0) is 13.7. The molecule has 0 saturated carbocycles. The Balaban J connectivity index is 2.13. The van der Waals surface area contributed by atoms with Gasteiger partial charge in [-0.05, 0) is 30.5 Å². The molecule has 0 aliphatic carbocycles. The fourth-order valence-corrected chi connectivity index (χ4v) is 2.77. The second-order valence-electron chi connectivity index (χ2n) is 5.07. The number of nitrogens with one attached hydrogen (secondary N) is 1. The first kappa shape index (κ1) is 14.0. The summed E-state index contributed by atoms with van der Waals surface area (Å²) in [6.45, 7) is 2.34. The van der Waals surface area contributed by atoms with E-state index in [-0.39, 0.29) is 11.9 Å². The highest BCUT2D eigenvalue weighted by Crippen LogP contribution is 2.21. The second-order valence-corrected chi connectivity index (χ2v) is 5.07. The van der Waals surface area contributed by atoms with Crippen molar-refractivity contribution in [1.82, 2.24) is 10.2 Å². The third kappa shape index (κ3) is 3.33. The van der Waals surface area contributed by atoms with Gasteiger partial charge in [0.25, 0.3) is 0 Å². The zero-order valence-corrected chi connectivity index (χ0v) is 11.6. The van der Waals surface area contributed by atoms with E-state index < -0.39 is 0 Å². The topological polar surface area (TPSA) is 58.4 Å². The average molecular weight is 261 g/mol. The molecule has 1 aromatic carbocycles. The predicted molar refractivity (Wildman–Crippen MR) is 76.4 cm³/mol. The number of nitrogens with zero attached hydrogens (tertiary/aromatic N) is 1. The van der Waals surface area contributed by atoms with Crippen molar-refractivity contribution >= 4 is 5.91 Å². The summed E-state index contributed by atoms with van der Waals surface area (Å²) in [5.74, 6) is 0.130. The quantitative estimate of drug-likeness (QED) is 0.857. The molecule has 1 heterocycles. The Bertz CT molecular complexity index is 433. The highest BCUT2D eigenvalue weighted by atomic mass is 16.2. The Morgan fingerprint density at radius 3 is 2.79 bits per heavy atom. The lowest BCUT2D eigenvalue weighted by Crippen LogP contribution is -2.48. The van der Waals surface area contributed by atoms with Gasteiger partial charge < -0.3 is 11.1 Å².